The highest BCUT2D eigenvalue weighted by atomic mass is 35.5. The Hall–Kier alpha value is -0.540. The molecule has 1 aromatic heterocycles. The van der Waals surface area contributed by atoms with Crippen molar-refractivity contribution in [1.82, 2.24) is 9.78 Å². The van der Waals surface area contributed by atoms with Gasteiger partial charge in [-0.05, 0) is 13.8 Å². The molecule has 1 aromatic rings. The quantitative estimate of drug-likeness (QED) is 0.540. The number of nitrogens with zero attached hydrogens (tertiary/aromatic N) is 3. The van der Waals surface area contributed by atoms with E-state index in [9.17, 15) is 0 Å². The number of hydrogen-bond acceptors (Lipinski definition) is 2. The molecular formula is C7H9Cl2N3. The Kier molecular flexibility index (Phi) is 3.12. The van der Waals surface area contributed by atoms with Crippen LogP contribution in [0.3, 0.4) is 0 Å². The van der Waals surface area contributed by atoms with Gasteiger partial charge in [0, 0.05) is 6.07 Å². The summed E-state index contributed by atoms with van der Waals surface area (Å²) >= 11 is 11.4. The van der Waals surface area contributed by atoms with Crippen LogP contribution >= 0.6 is 23.2 Å². The van der Waals surface area contributed by atoms with Crippen molar-refractivity contribution in [3.63, 3.8) is 0 Å². The number of hydrogen-bond donors (Lipinski definition) is 0. The standard InChI is InChI=1S/C7H9Cl2N3/c1-5(8)11-7-3-4-10-12(7)6(2)9/h3-4,6H,1-2H3/b11-5+. The monoisotopic (exact) mass is 205 g/mol. The molecule has 0 aromatic carbocycles. The predicted octanol–water partition coefficient (Wildman–Crippen LogP) is 2.93. The second-order valence-corrected chi connectivity index (χ2v) is 3.50. The van der Waals surface area contributed by atoms with Crippen LogP contribution in [0.5, 0.6) is 0 Å². The van der Waals surface area contributed by atoms with Gasteiger partial charge in [-0.1, -0.05) is 23.2 Å². The minimum Gasteiger partial charge on any atom is -0.230 e. The number of aliphatic imine (C=N–C) groups is 1. The van der Waals surface area contributed by atoms with E-state index in [2.05, 4.69) is 10.1 Å². The van der Waals surface area contributed by atoms with Gasteiger partial charge in [0.1, 0.15) is 10.7 Å². The van der Waals surface area contributed by atoms with Gasteiger partial charge in [-0.3, -0.25) is 0 Å². The average molecular weight is 206 g/mol. The van der Waals surface area contributed by atoms with Crippen LogP contribution in [-0.4, -0.2) is 15.0 Å². The van der Waals surface area contributed by atoms with Crippen molar-refractivity contribution in [3.05, 3.63) is 12.3 Å². The first-order valence-corrected chi connectivity index (χ1v) is 4.31. The van der Waals surface area contributed by atoms with E-state index < -0.39 is 0 Å². The van der Waals surface area contributed by atoms with Crippen molar-refractivity contribution < 1.29 is 0 Å². The van der Waals surface area contributed by atoms with Crippen LogP contribution < -0.4 is 0 Å². The van der Waals surface area contributed by atoms with Crippen LogP contribution in [0.4, 0.5) is 5.82 Å². The maximum atomic E-state index is 5.82. The van der Waals surface area contributed by atoms with Gasteiger partial charge in [-0.15, -0.1) is 0 Å². The largest absolute Gasteiger partial charge is 0.230 e. The Morgan fingerprint density at radius 3 is 2.92 bits per heavy atom. The second kappa shape index (κ2) is 3.92. The summed E-state index contributed by atoms with van der Waals surface area (Å²) in [7, 11) is 0. The molecule has 0 spiro atoms. The van der Waals surface area contributed by atoms with Gasteiger partial charge >= 0.3 is 0 Å². The van der Waals surface area contributed by atoms with Crippen LogP contribution in [0.15, 0.2) is 17.3 Å². The molecule has 0 N–H and O–H groups in total. The fraction of sp³-hybridized carbons (Fsp3) is 0.429. The van der Waals surface area contributed by atoms with Crippen LogP contribution in [-0.2, 0) is 0 Å². The first kappa shape index (κ1) is 9.55. The zero-order valence-corrected chi connectivity index (χ0v) is 8.34. The van der Waals surface area contributed by atoms with Crippen molar-refractivity contribution in [3.8, 4) is 0 Å². The molecule has 0 fully saturated rings. The van der Waals surface area contributed by atoms with Crippen LogP contribution in [0.2, 0.25) is 0 Å². The molecule has 0 bridgehead atoms. The van der Waals surface area contributed by atoms with Crippen molar-refractivity contribution in [2.24, 2.45) is 4.99 Å². The van der Waals surface area contributed by atoms with E-state index in [0.29, 0.717) is 11.0 Å². The molecular weight excluding hydrogens is 197 g/mol. The Bertz CT molecular complexity index is 287. The van der Waals surface area contributed by atoms with Crippen LogP contribution in [0, 0.1) is 0 Å². The maximum absolute atomic E-state index is 5.82. The molecule has 5 heteroatoms. The van der Waals surface area contributed by atoms with E-state index in [4.69, 9.17) is 23.2 Å². The molecule has 1 atom stereocenters. The summed E-state index contributed by atoms with van der Waals surface area (Å²) in [5, 5.41) is 4.45. The lowest BCUT2D eigenvalue weighted by Gasteiger charge is -2.04. The van der Waals surface area contributed by atoms with Gasteiger partial charge in [0.2, 0.25) is 0 Å². The van der Waals surface area contributed by atoms with E-state index in [1.165, 1.54) is 0 Å². The molecule has 12 heavy (non-hydrogen) atoms. The summed E-state index contributed by atoms with van der Waals surface area (Å²) in [5.74, 6) is 0.671. The predicted molar refractivity (Wildman–Crippen MR) is 51.4 cm³/mol. The lowest BCUT2D eigenvalue weighted by molar-refractivity contribution is 0.638. The Labute approximate surface area is 81.0 Å². The molecule has 66 valence electrons. The zero-order valence-electron chi connectivity index (χ0n) is 6.83. The molecule has 1 rings (SSSR count). The number of halogens is 2. The van der Waals surface area contributed by atoms with Gasteiger partial charge in [0.15, 0.2) is 5.82 Å². The molecule has 1 unspecified atom stereocenters. The second-order valence-electron chi connectivity index (χ2n) is 2.32. The number of alkyl halides is 1. The smallest absolute Gasteiger partial charge is 0.153 e. The number of aromatic nitrogens is 2. The molecule has 0 saturated heterocycles. The summed E-state index contributed by atoms with van der Waals surface area (Å²) < 4.78 is 1.59. The van der Waals surface area contributed by atoms with Gasteiger partial charge in [-0.25, -0.2) is 9.67 Å². The topological polar surface area (TPSA) is 30.2 Å². The average Bonchev–Trinajstić information content (AvgIpc) is 2.33. The zero-order chi connectivity index (χ0) is 9.14. The molecule has 0 saturated carbocycles. The van der Waals surface area contributed by atoms with Crippen LogP contribution in [0.25, 0.3) is 0 Å². The van der Waals surface area contributed by atoms with Gasteiger partial charge in [-0.2, -0.15) is 5.10 Å². The highest BCUT2D eigenvalue weighted by Crippen LogP contribution is 2.19. The third kappa shape index (κ3) is 2.22. The van der Waals surface area contributed by atoms with Crippen LogP contribution in [0.1, 0.15) is 19.3 Å². The van der Waals surface area contributed by atoms with E-state index in [1.54, 1.807) is 23.9 Å². The minimum absolute atomic E-state index is 0.213. The maximum Gasteiger partial charge on any atom is 0.153 e. The third-order valence-corrected chi connectivity index (χ3v) is 1.52. The summed E-state index contributed by atoms with van der Waals surface area (Å²) in [6.45, 7) is 3.52. The van der Waals surface area contributed by atoms with Crippen molar-refractivity contribution in [1.29, 1.82) is 0 Å². The highest BCUT2D eigenvalue weighted by molar-refractivity contribution is 6.65. The fourth-order valence-electron chi connectivity index (χ4n) is 0.828. The van der Waals surface area contributed by atoms with Crippen molar-refractivity contribution in [2.75, 3.05) is 0 Å². The van der Waals surface area contributed by atoms with E-state index >= 15 is 0 Å². The molecule has 0 radical (unpaired) electrons. The lowest BCUT2D eigenvalue weighted by atomic mass is 10.6. The molecule has 0 aliphatic carbocycles. The van der Waals surface area contributed by atoms with Gasteiger partial charge < -0.3 is 0 Å². The number of rotatable bonds is 2. The molecule has 0 aliphatic rings. The first-order valence-electron chi connectivity index (χ1n) is 3.49. The summed E-state index contributed by atoms with van der Waals surface area (Å²) in [5.41, 5.74) is -0.213. The van der Waals surface area contributed by atoms with Gasteiger partial charge in [0.25, 0.3) is 0 Å². The van der Waals surface area contributed by atoms with Gasteiger partial charge in [0.05, 0.1) is 6.20 Å². The van der Waals surface area contributed by atoms with Crippen molar-refractivity contribution >= 4 is 34.2 Å². The third-order valence-electron chi connectivity index (χ3n) is 1.26. The summed E-state index contributed by atoms with van der Waals surface area (Å²) in [6, 6.07) is 1.75. The lowest BCUT2D eigenvalue weighted by Crippen LogP contribution is -1.99. The Balaban J connectivity index is 3.00. The Morgan fingerprint density at radius 1 is 1.75 bits per heavy atom. The molecule has 1 heterocycles. The molecule has 0 aliphatic heterocycles. The van der Waals surface area contributed by atoms with E-state index in [-0.39, 0.29) is 5.50 Å². The van der Waals surface area contributed by atoms with E-state index in [0.717, 1.165) is 0 Å². The fourth-order valence-corrected chi connectivity index (χ4v) is 1.06. The summed E-state index contributed by atoms with van der Waals surface area (Å²) in [4.78, 5) is 4.04. The van der Waals surface area contributed by atoms with E-state index in [1.807, 2.05) is 6.92 Å². The first-order chi connectivity index (χ1) is 5.61. The Morgan fingerprint density at radius 2 is 2.42 bits per heavy atom. The van der Waals surface area contributed by atoms with Crippen molar-refractivity contribution in [2.45, 2.75) is 19.3 Å². The highest BCUT2D eigenvalue weighted by Gasteiger charge is 2.05. The normalized spacial score (nSPS) is 14.8. The minimum atomic E-state index is -0.213. The molecule has 0 amide bonds. The SMILES string of the molecule is C/C(Cl)=N\c1ccnn1C(C)Cl. The molecule has 3 nitrogen and oxygen atoms in total. The summed E-state index contributed by atoms with van der Waals surface area (Å²) in [6.07, 6.45) is 1.64.